The highest BCUT2D eigenvalue weighted by molar-refractivity contribution is 5.78. The Kier molecular flexibility index (Phi) is 5.07. The van der Waals surface area contributed by atoms with Crippen molar-refractivity contribution < 1.29 is 9.52 Å². The minimum atomic E-state index is -0.276. The molecule has 1 saturated heterocycles. The fraction of sp³-hybridized carbons (Fsp3) is 0.364. The van der Waals surface area contributed by atoms with Crippen LogP contribution in [0.2, 0.25) is 0 Å². The molecule has 2 aromatic carbocycles. The predicted molar refractivity (Wildman–Crippen MR) is 104 cm³/mol. The topological polar surface area (TPSA) is 39.9 Å². The average Bonchev–Trinajstić information content (AvgIpc) is 3.07. The number of para-hydroxylation sites is 1. The molecule has 1 aliphatic heterocycles. The summed E-state index contributed by atoms with van der Waals surface area (Å²) in [7, 11) is 0. The lowest BCUT2D eigenvalue weighted by Crippen LogP contribution is -2.49. The van der Waals surface area contributed by atoms with E-state index in [1.54, 1.807) is 0 Å². The van der Waals surface area contributed by atoms with Crippen LogP contribution in [0.15, 0.2) is 65.1 Å². The second-order valence-corrected chi connectivity index (χ2v) is 7.19. The van der Waals surface area contributed by atoms with Crippen molar-refractivity contribution in [1.29, 1.82) is 0 Å². The minimum Gasteiger partial charge on any atom is -0.459 e. The average molecular weight is 350 g/mol. The Hall–Kier alpha value is -2.14. The number of hydrogen-bond donors (Lipinski definition) is 1. The summed E-state index contributed by atoms with van der Waals surface area (Å²) in [5, 5.41) is 10.8. The van der Waals surface area contributed by atoms with Crippen molar-refractivity contribution in [2.45, 2.75) is 19.1 Å². The Morgan fingerprint density at radius 3 is 2.35 bits per heavy atom. The summed E-state index contributed by atoms with van der Waals surface area (Å²) >= 11 is 0. The Labute approximate surface area is 154 Å². The smallest absolute Gasteiger partial charge is 0.134 e. The van der Waals surface area contributed by atoms with Crippen molar-refractivity contribution in [1.82, 2.24) is 9.80 Å². The van der Waals surface area contributed by atoms with E-state index in [1.165, 1.54) is 5.56 Å². The number of β-amino-alcohol motifs (C(OH)–C–C–N with tert-alkyl or cyclic N) is 1. The molecule has 4 heteroatoms. The number of nitrogens with zero attached hydrogens (tertiary/aromatic N) is 2. The van der Waals surface area contributed by atoms with Crippen LogP contribution in [0.25, 0.3) is 11.0 Å². The zero-order valence-electron chi connectivity index (χ0n) is 15.2. The summed E-state index contributed by atoms with van der Waals surface area (Å²) in [6.45, 7) is 6.46. The molecule has 2 unspecified atom stereocenters. The van der Waals surface area contributed by atoms with E-state index in [0.717, 1.165) is 49.5 Å². The molecule has 0 aliphatic carbocycles. The van der Waals surface area contributed by atoms with Gasteiger partial charge in [0.25, 0.3) is 0 Å². The van der Waals surface area contributed by atoms with Gasteiger partial charge < -0.3 is 9.52 Å². The molecular weight excluding hydrogens is 324 g/mol. The lowest BCUT2D eigenvalue weighted by atomic mass is 10.0. The van der Waals surface area contributed by atoms with Gasteiger partial charge in [-0.25, -0.2) is 0 Å². The van der Waals surface area contributed by atoms with Crippen LogP contribution >= 0.6 is 0 Å². The number of hydrogen-bond acceptors (Lipinski definition) is 4. The summed E-state index contributed by atoms with van der Waals surface area (Å²) in [5.74, 6) is 1.00. The van der Waals surface area contributed by atoms with Gasteiger partial charge in [0.15, 0.2) is 0 Å². The third kappa shape index (κ3) is 3.68. The number of aliphatic hydroxyl groups is 1. The molecule has 0 amide bonds. The van der Waals surface area contributed by atoms with E-state index in [4.69, 9.17) is 4.42 Å². The van der Waals surface area contributed by atoms with E-state index < -0.39 is 0 Å². The number of aliphatic hydroxyl groups excluding tert-OH is 1. The van der Waals surface area contributed by atoms with Gasteiger partial charge in [0.2, 0.25) is 0 Å². The van der Waals surface area contributed by atoms with E-state index in [0.29, 0.717) is 0 Å². The Morgan fingerprint density at radius 1 is 0.962 bits per heavy atom. The van der Waals surface area contributed by atoms with Crippen molar-refractivity contribution >= 4 is 11.0 Å². The minimum absolute atomic E-state index is 0.122. The van der Waals surface area contributed by atoms with Crippen LogP contribution in [0.3, 0.4) is 0 Å². The molecular formula is C22H26N2O2. The molecule has 0 saturated carbocycles. The van der Waals surface area contributed by atoms with Crippen LogP contribution in [0.4, 0.5) is 0 Å². The van der Waals surface area contributed by atoms with Crippen molar-refractivity contribution in [3.63, 3.8) is 0 Å². The zero-order chi connectivity index (χ0) is 17.9. The van der Waals surface area contributed by atoms with Crippen molar-refractivity contribution in [2.75, 3.05) is 32.7 Å². The van der Waals surface area contributed by atoms with Gasteiger partial charge >= 0.3 is 0 Å². The number of piperazine rings is 1. The summed E-state index contributed by atoms with van der Waals surface area (Å²) < 4.78 is 6.23. The molecule has 3 aromatic rings. The second-order valence-electron chi connectivity index (χ2n) is 7.19. The van der Waals surface area contributed by atoms with Crippen LogP contribution in [-0.4, -0.2) is 53.7 Å². The normalized spacial score (nSPS) is 18.8. The molecule has 0 radical (unpaired) electrons. The molecule has 2 heterocycles. The highest BCUT2D eigenvalue weighted by atomic mass is 16.3. The molecule has 4 nitrogen and oxygen atoms in total. The SMILES string of the molecule is CC(O)CN1CCN(C(c2ccccc2)c2cc3ccccc3o2)CC1. The maximum absolute atomic E-state index is 9.65. The van der Waals surface area contributed by atoms with E-state index in [9.17, 15) is 5.11 Å². The van der Waals surface area contributed by atoms with Gasteiger partial charge in [0.1, 0.15) is 11.3 Å². The van der Waals surface area contributed by atoms with Gasteiger partial charge in [-0.05, 0) is 24.6 Å². The second kappa shape index (κ2) is 7.62. The van der Waals surface area contributed by atoms with E-state index in [2.05, 4.69) is 52.3 Å². The monoisotopic (exact) mass is 350 g/mol. The molecule has 1 fully saturated rings. The Balaban J connectivity index is 1.62. The van der Waals surface area contributed by atoms with Gasteiger partial charge in [-0.1, -0.05) is 48.5 Å². The highest BCUT2D eigenvalue weighted by Crippen LogP contribution is 2.33. The number of fused-ring (bicyclic) bond motifs is 1. The van der Waals surface area contributed by atoms with Gasteiger partial charge in [-0.2, -0.15) is 0 Å². The first kappa shape index (κ1) is 17.3. The molecule has 0 spiro atoms. The fourth-order valence-electron chi connectivity index (χ4n) is 3.91. The van der Waals surface area contributed by atoms with Crippen LogP contribution in [0.5, 0.6) is 0 Å². The summed E-state index contributed by atoms with van der Waals surface area (Å²) in [5.41, 5.74) is 2.20. The molecule has 1 aliphatic rings. The maximum Gasteiger partial charge on any atom is 0.134 e. The first-order valence-electron chi connectivity index (χ1n) is 9.38. The molecule has 26 heavy (non-hydrogen) atoms. The Morgan fingerprint density at radius 2 is 1.65 bits per heavy atom. The lowest BCUT2D eigenvalue weighted by Gasteiger charge is -2.39. The number of rotatable bonds is 5. The molecule has 4 rings (SSSR count). The van der Waals surface area contributed by atoms with Crippen molar-refractivity contribution in [3.05, 3.63) is 72.0 Å². The van der Waals surface area contributed by atoms with Crippen LogP contribution in [-0.2, 0) is 0 Å². The molecule has 1 aromatic heterocycles. The maximum atomic E-state index is 9.65. The van der Waals surface area contributed by atoms with Crippen molar-refractivity contribution in [3.8, 4) is 0 Å². The first-order chi connectivity index (χ1) is 12.7. The van der Waals surface area contributed by atoms with E-state index in [-0.39, 0.29) is 12.1 Å². The fourth-order valence-corrected chi connectivity index (χ4v) is 3.91. The van der Waals surface area contributed by atoms with Gasteiger partial charge in [-0.15, -0.1) is 0 Å². The van der Waals surface area contributed by atoms with Gasteiger partial charge in [-0.3, -0.25) is 9.80 Å². The number of benzene rings is 2. The zero-order valence-corrected chi connectivity index (χ0v) is 15.2. The third-order valence-corrected chi connectivity index (χ3v) is 5.12. The Bertz CT molecular complexity index is 802. The summed E-state index contributed by atoms with van der Waals surface area (Å²) in [6.07, 6.45) is -0.276. The number of furan rings is 1. The third-order valence-electron chi connectivity index (χ3n) is 5.12. The van der Waals surface area contributed by atoms with E-state index >= 15 is 0 Å². The summed E-state index contributed by atoms with van der Waals surface area (Å²) in [6, 6.07) is 21.1. The lowest BCUT2D eigenvalue weighted by molar-refractivity contribution is 0.0656. The largest absolute Gasteiger partial charge is 0.459 e. The molecule has 136 valence electrons. The van der Waals surface area contributed by atoms with Crippen LogP contribution in [0, 0.1) is 0 Å². The van der Waals surface area contributed by atoms with Gasteiger partial charge in [0.05, 0.1) is 12.1 Å². The van der Waals surface area contributed by atoms with Crippen LogP contribution in [0.1, 0.15) is 24.3 Å². The molecule has 0 bridgehead atoms. The van der Waals surface area contributed by atoms with Gasteiger partial charge in [0, 0.05) is 38.1 Å². The van der Waals surface area contributed by atoms with Crippen molar-refractivity contribution in [2.24, 2.45) is 0 Å². The molecule has 1 N–H and O–H groups in total. The van der Waals surface area contributed by atoms with E-state index in [1.807, 2.05) is 25.1 Å². The quantitative estimate of drug-likeness (QED) is 0.764. The summed E-state index contributed by atoms with van der Waals surface area (Å²) in [4.78, 5) is 4.83. The van der Waals surface area contributed by atoms with Crippen LogP contribution < -0.4 is 0 Å². The predicted octanol–water partition coefficient (Wildman–Crippen LogP) is 3.52. The highest BCUT2D eigenvalue weighted by Gasteiger charge is 2.29. The standard InChI is InChI=1S/C22H26N2O2/c1-17(25)16-23-11-13-24(14-12-23)22(18-7-3-2-4-8-18)21-15-19-9-5-6-10-20(19)26-21/h2-10,15,17,22,25H,11-14,16H2,1H3. The first-order valence-corrected chi connectivity index (χ1v) is 9.38. The molecule has 2 atom stereocenters.